The molecule has 0 radical (unpaired) electrons. The van der Waals surface area contributed by atoms with Crippen LogP contribution in [0.25, 0.3) is 16.9 Å². The van der Waals surface area contributed by atoms with Gasteiger partial charge in [0.15, 0.2) is 17.0 Å². The molecule has 0 aliphatic rings. The Bertz CT molecular complexity index is 1270. The average molecular weight is 432 g/mol. The minimum Gasteiger partial charge on any atom is -0.346 e. The highest BCUT2D eigenvalue weighted by Crippen LogP contribution is 2.32. The van der Waals surface area contributed by atoms with Crippen LogP contribution < -0.4 is 5.32 Å². The molecule has 160 valence electrons. The monoisotopic (exact) mass is 432 g/mol. The van der Waals surface area contributed by atoms with Crippen molar-refractivity contribution >= 4 is 11.6 Å². The number of halogens is 4. The molecule has 3 heterocycles. The molecule has 3 aromatic heterocycles. The van der Waals surface area contributed by atoms with E-state index in [0.717, 1.165) is 29.5 Å². The normalized spacial score (nSPS) is 11.8. The maximum Gasteiger partial charge on any atom is 0.433 e. The number of fused-ring (bicyclic) bond motifs is 1. The fourth-order valence-corrected chi connectivity index (χ4v) is 3.04. The summed E-state index contributed by atoms with van der Waals surface area (Å²) in [5, 5.41) is 10.5. The van der Waals surface area contributed by atoms with Crippen LogP contribution in [-0.2, 0) is 19.8 Å². The molecule has 0 saturated heterocycles. The Labute approximate surface area is 173 Å². The van der Waals surface area contributed by atoms with Gasteiger partial charge >= 0.3 is 6.18 Å². The van der Waals surface area contributed by atoms with Gasteiger partial charge in [0.25, 0.3) is 5.91 Å². The second kappa shape index (κ2) is 7.49. The largest absolute Gasteiger partial charge is 0.433 e. The van der Waals surface area contributed by atoms with Gasteiger partial charge in [-0.05, 0) is 37.3 Å². The van der Waals surface area contributed by atoms with Crippen LogP contribution in [0.2, 0.25) is 0 Å². The third-order valence-corrected chi connectivity index (χ3v) is 4.87. The van der Waals surface area contributed by atoms with E-state index in [9.17, 15) is 22.4 Å². The van der Waals surface area contributed by atoms with Crippen LogP contribution in [0.1, 0.15) is 27.4 Å². The van der Waals surface area contributed by atoms with Gasteiger partial charge in [-0.1, -0.05) is 0 Å². The minimum absolute atomic E-state index is 0.0160. The number of carbonyl (C=O) groups excluding carboxylic acids is 1. The fourth-order valence-electron chi connectivity index (χ4n) is 3.04. The Morgan fingerprint density at radius 3 is 2.48 bits per heavy atom. The lowest BCUT2D eigenvalue weighted by Crippen LogP contribution is -2.23. The Balaban J connectivity index is 1.70. The molecule has 4 rings (SSSR count). The molecular formula is C20H16F4N6O. The van der Waals surface area contributed by atoms with Gasteiger partial charge in [0, 0.05) is 36.5 Å². The molecule has 0 spiro atoms. The summed E-state index contributed by atoms with van der Waals surface area (Å²) in [6.07, 6.45) is -3.15. The number of nitrogens with zero attached hydrogens (tertiary/aromatic N) is 5. The zero-order chi connectivity index (χ0) is 22.3. The summed E-state index contributed by atoms with van der Waals surface area (Å²) in [6.45, 7) is 1.97. The number of hydrogen-bond acceptors (Lipinski definition) is 4. The van der Waals surface area contributed by atoms with Gasteiger partial charge in [-0.25, -0.2) is 13.9 Å². The number of carbonyl (C=O) groups is 1. The molecule has 11 heteroatoms. The number of rotatable bonds is 4. The van der Waals surface area contributed by atoms with Gasteiger partial charge in [-0.15, -0.1) is 0 Å². The molecule has 0 aliphatic carbocycles. The third kappa shape index (κ3) is 3.98. The number of alkyl halides is 3. The third-order valence-electron chi connectivity index (χ3n) is 4.87. The first kappa shape index (κ1) is 20.5. The van der Waals surface area contributed by atoms with Gasteiger partial charge in [-0.3, -0.25) is 9.48 Å². The van der Waals surface area contributed by atoms with E-state index < -0.39 is 23.6 Å². The quantitative estimate of drug-likeness (QED) is 0.501. The topological polar surface area (TPSA) is 77.1 Å². The summed E-state index contributed by atoms with van der Waals surface area (Å²) in [7, 11) is 1.76. The van der Waals surface area contributed by atoms with Crippen molar-refractivity contribution < 1.29 is 22.4 Å². The fraction of sp³-hybridized carbons (Fsp3) is 0.200. The second-order valence-corrected chi connectivity index (χ2v) is 6.89. The lowest BCUT2D eigenvalue weighted by molar-refractivity contribution is -0.142. The molecule has 1 aromatic carbocycles. The molecule has 1 amide bonds. The van der Waals surface area contributed by atoms with Crippen molar-refractivity contribution in [2.24, 2.45) is 7.05 Å². The van der Waals surface area contributed by atoms with E-state index in [4.69, 9.17) is 0 Å². The maximum atomic E-state index is 13.6. The number of aromatic nitrogens is 5. The van der Waals surface area contributed by atoms with Crippen LogP contribution in [0.4, 0.5) is 17.6 Å². The lowest BCUT2D eigenvalue weighted by Gasteiger charge is -2.11. The Morgan fingerprint density at radius 1 is 1.16 bits per heavy atom. The number of amides is 1. The number of nitrogens with one attached hydrogen (secondary N) is 1. The molecule has 1 N–H and O–H groups in total. The average Bonchev–Trinajstić information content (AvgIpc) is 3.29. The van der Waals surface area contributed by atoms with Gasteiger partial charge in [0.1, 0.15) is 5.82 Å². The van der Waals surface area contributed by atoms with E-state index in [1.165, 1.54) is 18.2 Å². The summed E-state index contributed by atoms with van der Waals surface area (Å²) in [5.41, 5.74) is 0.436. The molecule has 0 atom stereocenters. The zero-order valence-electron chi connectivity index (χ0n) is 16.4. The molecule has 0 aliphatic heterocycles. The van der Waals surface area contributed by atoms with Gasteiger partial charge in [-0.2, -0.15) is 23.4 Å². The highest BCUT2D eigenvalue weighted by Gasteiger charge is 2.35. The molecule has 4 aromatic rings. The van der Waals surface area contributed by atoms with Crippen molar-refractivity contribution in [3.8, 4) is 11.3 Å². The van der Waals surface area contributed by atoms with E-state index in [1.807, 2.05) is 6.92 Å². The van der Waals surface area contributed by atoms with E-state index in [2.05, 4.69) is 20.5 Å². The highest BCUT2D eigenvalue weighted by molar-refractivity contribution is 5.93. The van der Waals surface area contributed by atoms with Crippen molar-refractivity contribution in [3.63, 3.8) is 0 Å². The molecule has 0 unspecified atom stereocenters. The Kier molecular flexibility index (Phi) is 4.96. The van der Waals surface area contributed by atoms with E-state index in [0.29, 0.717) is 10.1 Å². The number of aryl methyl sites for hydroxylation is 1. The zero-order valence-corrected chi connectivity index (χ0v) is 16.4. The van der Waals surface area contributed by atoms with Crippen molar-refractivity contribution in [2.75, 3.05) is 0 Å². The van der Waals surface area contributed by atoms with Crippen LogP contribution in [-0.4, -0.2) is 30.3 Å². The first-order valence-corrected chi connectivity index (χ1v) is 9.13. The van der Waals surface area contributed by atoms with Crippen LogP contribution in [0.15, 0.2) is 42.6 Å². The van der Waals surface area contributed by atoms with Crippen molar-refractivity contribution in [1.82, 2.24) is 29.7 Å². The Hall–Kier alpha value is -3.76. The van der Waals surface area contributed by atoms with Crippen molar-refractivity contribution in [3.05, 3.63) is 71.1 Å². The standard InChI is InChI=1S/C20H16F4N6O/c1-11-13(10-26-29(11)2)9-25-19(31)16-8-18-27-15(12-3-5-14(21)6-4-12)7-17(20(22,23)24)30(18)28-16/h3-8,10H,9H2,1-2H3,(H,25,31). The second-order valence-electron chi connectivity index (χ2n) is 6.89. The lowest BCUT2D eigenvalue weighted by atomic mass is 10.1. The number of hydrogen-bond donors (Lipinski definition) is 1. The molecular weight excluding hydrogens is 416 g/mol. The molecule has 0 bridgehead atoms. The van der Waals surface area contributed by atoms with Crippen LogP contribution >= 0.6 is 0 Å². The van der Waals surface area contributed by atoms with Crippen LogP contribution in [0.3, 0.4) is 0 Å². The van der Waals surface area contributed by atoms with E-state index in [-0.39, 0.29) is 23.6 Å². The van der Waals surface area contributed by atoms with Crippen LogP contribution in [0, 0.1) is 12.7 Å². The highest BCUT2D eigenvalue weighted by atomic mass is 19.4. The molecule has 0 fully saturated rings. The predicted molar refractivity (Wildman–Crippen MR) is 102 cm³/mol. The summed E-state index contributed by atoms with van der Waals surface area (Å²) in [6, 6.07) is 6.90. The van der Waals surface area contributed by atoms with Gasteiger partial charge < -0.3 is 5.32 Å². The van der Waals surface area contributed by atoms with Gasteiger partial charge in [0.2, 0.25) is 0 Å². The molecule has 0 saturated carbocycles. The summed E-state index contributed by atoms with van der Waals surface area (Å²) in [5.74, 6) is -1.17. The van der Waals surface area contributed by atoms with Crippen molar-refractivity contribution in [2.45, 2.75) is 19.6 Å². The smallest absolute Gasteiger partial charge is 0.346 e. The summed E-state index contributed by atoms with van der Waals surface area (Å²) >= 11 is 0. The Morgan fingerprint density at radius 2 is 1.87 bits per heavy atom. The summed E-state index contributed by atoms with van der Waals surface area (Å²) in [4.78, 5) is 16.7. The van der Waals surface area contributed by atoms with Gasteiger partial charge in [0.05, 0.1) is 11.9 Å². The maximum absolute atomic E-state index is 13.6. The molecule has 31 heavy (non-hydrogen) atoms. The number of benzene rings is 1. The SMILES string of the molecule is Cc1c(CNC(=O)c2cc3nc(-c4ccc(F)cc4)cc(C(F)(F)F)n3n2)cnn1C. The molecule has 7 nitrogen and oxygen atoms in total. The van der Waals surface area contributed by atoms with Crippen LogP contribution in [0.5, 0.6) is 0 Å². The van der Waals surface area contributed by atoms with E-state index >= 15 is 0 Å². The predicted octanol–water partition coefficient (Wildman–Crippen LogP) is 3.53. The van der Waals surface area contributed by atoms with Crippen molar-refractivity contribution in [1.29, 1.82) is 0 Å². The minimum atomic E-state index is -4.75. The van der Waals surface area contributed by atoms with E-state index in [1.54, 1.807) is 17.9 Å². The first-order valence-electron chi connectivity index (χ1n) is 9.13. The summed E-state index contributed by atoms with van der Waals surface area (Å²) < 4.78 is 56.3. The first-order chi connectivity index (χ1) is 14.6.